The second-order valence-corrected chi connectivity index (χ2v) is 8.48. The highest BCUT2D eigenvalue weighted by Crippen LogP contribution is 2.30. The second-order valence-electron chi connectivity index (χ2n) is 6.06. The van der Waals surface area contributed by atoms with E-state index in [2.05, 4.69) is 10.3 Å². The Morgan fingerprint density at radius 3 is 2.62 bits per heavy atom. The maximum absolute atomic E-state index is 12.5. The van der Waals surface area contributed by atoms with Gasteiger partial charge in [0, 0.05) is 16.5 Å². The van der Waals surface area contributed by atoms with Gasteiger partial charge in [-0.25, -0.2) is 23.3 Å². The number of nitrogens with two attached hydrogens (primary N) is 1. The average Bonchev–Trinajstić information content (AvgIpc) is 3.15. The van der Waals surface area contributed by atoms with Gasteiger partial charge in [0.05, 0.1) is 23.3 Å². The highest BCUT2D eigenvalue weighted by Gasteiger charge is 2.14. The molecule has 8 nitrogen and oxygen atoms in total. The first-order valence-electron chi connectivity index (χ1n) is 8.32. The fraction of sp³-hybridized carbons (Fsp3) is 0.0526. The van der Waals surface area contributed by atoms with Crippen LogP contribution in [0.15, 0.2) is 68.0 Å². The number of hydrogen-bond acceptors (Lipinski definition) is 8. The average molecular weight is 429 g/mol. The number of nitrogens with one attached hydrogen (secondary N) is 1. The van der Waals surface area contributed by atoms with Crippen molar-refractivity contribution in [2.24, 2.45) is 5.14 Å². The molecule has 0 aliphatic rings. The van der Waals surface area contributed by atoms with E-state index in [-0.39, 0.29) is 4.90 Å². The molecular formula is C19H15N3O5S2. The summed E-state index contributed by atoms with van der Waals surface area (Å²) < 4.78 is 33.3. The molecule has 0 saturated carbocycles. The van der Waals surface area contributed by atoms with Crippen molar-refractivity contribution in [3.63, 3.8) is 0 Å². The molecule has 0 amide bonds. The standard InChI is InChI=1S/C19H15N3O5S2/c1-26-16-4-2-3-11-9-14(18(23)27-17(11)16)15-10-28-19(22-15)21-12-5-7-13(8-6-12)29(20,24)25/h2-10H,1H3,(H,21,22)(H2,20,24,25). The summed E-state index contributed by atoms with van der Waals surface area (Å²) in [6.45, 7) is 0. The van der Waals surface area contributed by atoms with E-state index >= 15 is 0 Å². The molecule has 0 radical (unpaired) electrons. The number of rotatable bonds is 5. The summed E-state index contributed by atoms with van der Waals surface area (Å²) in [4.78, 5) is 16.9. The Kier molecular flexibility index (Phi) is 4.82. The Morgan fingerprint density at radius 1 is 1.17 bits per heavy atom. The van der Waals surface area contributed by atoms with Gasteiger partial charge in [0.15, 0.2) is 16.5 Å². The molecule has 29 heavy (non-hydrogen) atoms. The van der Waals surface area contributed by atoms with Gasteiger partial charge in [0.2, 0.25) is 10.0 Å². The van der Waals surface area contributed by atoms with E-state index in [9.17, 15) is 13.2 Å². The van der Waals surface area contributed by atoms with E-state index in [1.165, 1.54) is 30.6 Å². The summed E-state index contributed by atoms with van der Waals surface area (Å²) >= 11 is 1.30. The molecular weight excluding hydrogens is 414 g/mol. The molecule has 148 valence electrons. The van der Waals surface area contributed by atoms with Crippen LogP contribution in [-0.2, 0) is 10.0 Å². The summed E-state index contributed by atoms with van der Waals surface area (Å²) in [6.07, 6.45) is 0. The lowest BCUT2D eigenvalue weighted by molar-refractivity contribution is 0.407. The van der Waals surface area contributed by atoms with E-state index in [0.29, 0.717) is 33.4 Å². The SMILES string of the molecule is COc1cccc2cc(-c3csc(Nc4ccc(S(N)(=O)=O)cc4)n3)c(=O)oc12. The Hall–Kier alpha value is -3.21. The third-order valence-corrected chi connectivity index (χ3v) is 5.84. The van der Waals surface area contributed by atoms with Crippen LogP contribution >= 0.6 is 11.3 Å². The van der Waals surface area contributed by atoms with Crippen molar-refractivity contribution < 1.29 is 17.6 Å². The Bertz CT molecular complexity index is 1360. The van der Waals surface area contributed by atoms with Crippen molar-refractivity contribution in [2.45, 2.75) is 4.90 Å². The maximum Gasteiger partial charge on any atom is 0.345 e. The minimum atomic E-state index is -3.75. The number of fused-ring (bicyclic) bond motifs is 1. The topological polar surface area (TPSA) is 125 Å². The first-order chi connectivity index (χ1) is 13.8. The molecule has 4 rings (SSSR count). The predicted octanol–water partition coefficient (Wildman–Crippen LogP) is 3.32. The van der Waals surface area contributed by atoms with Crippen molar-refractivity contribution in [1.29, 1.82) is 0 Å². The second kappa shape index (κ2) is 7.32. The van der Waals surface area contributed by atoms with Crippen LogP contribution < -0.4 is 20.8 Å². The Morgan fingerprint density at radius 2 is 1.93 bits per heavy atom. The number of methoxy groups -OCH3 is 1. The van der Waals surface area contributed by atoms with Crippen LogP contribution in [0, 0.1) is 0 Å². The number of ether oxygens (including phenoxy) is 1. The normalized spacial score (nSPS) is 11.5. The lowest BCUT2D eigenvalue weighted by Gasteiger charge is -2.05. The molecule has 0 aliphatic heterocycles. The van der Waals surface area contributed by atoms with Gasteiger partial charge in [-0.3, -0.25) is 0 Å². The number of aromatic nitrogens is 1. The summed E-state index contributed by atoms with van der Waals surface area (Å²) in [5, 5.41) is 11.2. The van der Waals surface area contributed by atoms with E-state index < -0.39 is 15.6 Å². The van der Waals surface area contributed by atoms with Crippen molar-refractivity contribution in [2.75, 3.05) is 12.4 Å². The Labute approximate surface area is 169 Å². The van der Waals surface area contributed by atoms with Crippen LogP contribution in [0.4, 0.5) is 10.8 Å². The van der Waals surface area contributed by atoms with Gasteiger partial charge in [-0.15, -0.1) is 11.3 Å². The van der Waals surface area contributed by atoms with Crippen LogP contribution in [-0.4, -0.2) is 20.5 Å². The molecule has 0 saturated heterocycles. The van der Waals surface area contributed by atoms with Gasteiger partial charge in [0.1, 0.15) is 0 Å². The lowest BCUT2D eigenvalue weighted by Crippen LogP contribution is -2.11. The van der Waals surface area contributed by atoms with Crippen LogP contribution in [0.3, 0.4) is 0 Å². The molecule has 2 aromatic heterocycles. The quantitative estimate of drug-likeness (QED) is 0.466. The van der Waals surface area contributed by atoms with E-state index in [4.69, 9.17) is 14.3 Å². The third-order valence-electron chi connectivity index (χ3n) is 4.16. The highest BCUT2D eigenvalue weighted by atomic mass is 32.2. The molecule has 0 unspecified atom stereocenters. The zero-order valence-corrected chi connectivity index (χ0v) is 16.7. The van der Waals surface area contributed by atoms with Crippen molar-refractivity contribution in [3.8, 4) is 17.0 Å². The monoisotopic (exact) mass is 429 g/mol. The summed E-state index contributed by atoms with van der Waals surface area (Å²) in [6, 6.07) is 13.0. The van der Waals surface area contributed by atoms with E-state index in [1.54, 1.807) is 29.6 Å². The van der Waals surface area contributed by atoms with Crippen molar-refractivity contribution in [3.05, 3.63) is 64.3 Å². The molecule has 10 heteroatoms. The van der Waals surface area contributed by atoms with E-state index in [0.717, 1.165) is 5.39 Å². The van der Waals surface area contributed by atoms with Gasteiger partial charge >= 0.3 is 5.63 Å². The van der Waals surface area contributed by atoms with Gasteiger partial charge in [-0.2, -0.15) is 0 Å². The number of benzene rings is 2. The van der Waals surface area contributed by atoms with Crippen LogP contribution in [0.2, 0.25) is 0 Å². The summed E-state index contributed by atoms with van der Waals surface area (Å²) in [7, 11) is -2.24. The van der Waals surface area contributed by atoms with Crippen LogP contribution in [0.5, 0.6) is 5.75 Å². The maximum atomic E-state index is 12.5. The van der Waals surface area contributed by atoms with E-state index in [1.807, 2.05) is 12.1 Å². The molecule has 0 atom stereocenters. The van der Waals surface area contributed by atoms with Gasteiger partial charge < -0.3 is 14.5 Å². The van der Waals surface area contributed by atoms with Crippen molar-refractivity contribution in [1.82, 2.24) is 4.98 Å². The molecule has 0 spiro atoms. The first kappa shape index (κ1) is 19.1. The number of anilines is 2. The first-order valence-corrected chi connectivity index (χ1v) is 10.7. The summed E-state index contributed by atoms with van der Waals surface area (Å²) in [5.74, 6) is 0.481. The molecule has 2 heterocycles. The third kappa shape index (κ3) is 3.86. The smallest absolute Gasteiger partial charge is 0.345 e. The van der Waals surface area contributed by atoms with Gasteiger partial charge in [-0.05, 0) is 36.4 Å². The molecule has 0 bridgehead atoms. The zero-order valence-electron chi connectivity index (χ0n) is 15.1. The number of nitrogens with zero attached hydrogens (tertiary/aromatic N) is 1. The predicted molar refractivity (Wildman–Crippen MR) is 111 cm³/mol. The van der Waals surface area contributed by atoms with Crippen LogP contribution in [0.25, 0.3) is 22.2 Å². The molecule has 2 aromatic carbocycles. The van der Waals surface area contributed by atoms with Gasteiger partial charge in [-0.1, -0.05) is 12.1 Å². The number of primary sulfonamides is 1. The molecule has 3 N–H and O–H groups in total. The fourth-order valence-corrected chi connectivity index (χ4v) is 4.01. The van der Waals surface area contributed by atoms with Crippen LogP contribution in [0.1, 0.15) is 0 Å². The minimum Gasteiger partial charge on any atom is -0.493 e. The number of sulfonamides is 1. The number of hydrogen-bond donors (Lipinski definition) is 2. The highest BCUT2D eigenvalue weighted by molar-refractivity contribution is 7.89. The van der Waals surface area contributed by atoms with Crippen molar-refractivity contribution >= 4 is 43.1 Å². The minimum absolute atomic E-state index is 0.0204. The molecule has 4 aromatic rings. The Balaban J connectivity index is 1.64. The molecule has 0 aliphatic carbocycles. The zero-order chi connectivity index (χ0) is 20.6. The largest absolute Gasteiger partial charge is 0.493 e. The number of para-hydroxylation sites is 1. The molecule has 0 fully saturated rings. The lowest BCUT2D eigenvalue weighted by atomic mass is 10.1. The fourth-order valence-electron chi connectivity index (χ4n) is 2.76. The summed E-state index contributed by atoms with van der Waals surface area (Å²) in [5.41, 5.74) is 1.30. The van der Waals surface area contributed by atoms with Gasteiger partial charge in [0.25, 0.3) is 0 Å². The number of thiazole rings is 1.